The number of hydrogen-bond donors (Lipinski definition) is 2. The number of ether oxygens (including phenoxy) is 1. The largest absolute Gasteiger partial charge is 0.478 e. The van der Waals surface area contributed by atoms with Crippen molar-refractivity contribution in [2.45, 2.75) is 37.9 Å². The molecule has 2 N–H and O–H groups in total. The molecule has 1 heterocycles. The molecule has 3 rings (SSSR count). The molecule has 1 fully saturated rings. The summed E-state index contributed by atoms with van der Waals surface area (Å²) in [5, 5.41) is 9.18. The minimum atomic E-state index is -4.12. The van der Waals surface area contributed by atoms with E-state index >= 15 is 0 Å². The van der Waals surface area contributed by atoms with Gasteiger partial charge in [-0.3, -0.25) is 9.52 Å². The van der Waals surface area contributed by atoms with E-state index in [1.165, 1.54) is 18.2 Å². The Morgan fingerprint density at radius 2 is 1.73 bits per heavy atom. The van der Waals surface area contributed by atoms with Crippen LogP contribution in [0.2, 0.25) is 0 Å². The molecule has 2 atom stereocenters. The summed E-state index contributed by atoms with van der Waals surface area (Å²) < 4.78 is 34.1. The zero-order valence-corrected chi connectivity index (χ0v) is 17.8. The van der Waals surface area contributed by atoms with Gasteiger partial charge in [-0.25, -0.2) is 13.2 Å². The van der Waals surface area contributed by atoms with Crippen molar-refractivity contribution < 1.29 is 27.9 Å². The number of amides is 1. The van der Waals surface area contributed by atoms with Crippen LogP contribution < -0.4 is 4.72 Å². The van der Waals surface area contributed by atoms with Crippen LogP contribution in [0.3, 0.4) is 0 Å². The number of aryl methyl sites for hydroxylation is 1. The number of morpholine rings is 1. The van der Waals surface area contributed by atoms with Crippen LogP contribution in [0.4, 0.5) is 5.69 Å². The number of carbonyl (C=O) groups excluding carboxylic acids is 1. The maximum absolute atomic E-state index is 13.1. The van der Waals surface area contributed by atoms with Gasteiger partial charge in [-0.1, -0.05) is 18.2 Å². The summed E-state index contributed by atoms with van der Waals surface area (Å²) >= 11 is 0. The first-order chi connectivity index (χ1) is 14.1. The van der Waals surface area contributed by atoms with Gasteiger partial charge in [0.1, 0.15) is 0 Å². The van der Waals surface area contributed by atoms with Crippen LogP contribution in [0.5, 0.6) is 0 Å². The van der Waals surface area contributed by atoms with E-state index in [4.69, 9.17) is 4.74 Å². The lowest BCUT2D eigenvalue weighted by atomic mass is 10.1. The fourth-order valence-corrected chi connectivity index (χ4v) is 4.85. The third-order valence-corrected chi connectivity index (χ3v) is 6.34. The molecular formula is C21H24N2O6S. The van der Waals surface area contributed by atoms with E-state index in [0.29, 0.717) is 18.7 Å². The number of carbonyl (C=O) groups is 2. The van der Waals surface area contributed by atoms with Crippen LogP contribution in [0, 0.1) is 6.92 Å². The Balaban J connectivity index is 1.94. The maximum Gasteiger partial charge on any atom is 0.335 e. The average molecular weight is 432 g/mol. The number of nitrogens with one attached hydrogen (secondary N) is 1. The molecule has 160 valence electrons. The summed E-state index contributed by atoms with van der Waals surface area (Å²) in [5.74, 6) is -1.52. The molecule has 0 aliphatic carbocycles. The first-order valence-electron chi connectivity index (χ1n) is 9.49. The number of para-hydroxylation sites is 1. The van der Waals surface area contributed by atoms with E-state index in [1.807, 2.05) is 13.8 Å². The van der Waals surface area contributed by atoms with Crippen molar-refractivity contribution in [2.75, 3.05) is 17.8 Å². The van der Waals surface area contributed by atoms with Gasteiger partial charge in [-0.2, -0.15) is 0 Å². The molecule has 0 saturated carbocycles. The smallest absolute Gasteiger partial charge is 0.335 e. The van der Waals surface area contributed by atoms with Crippen molar-refractivity contribution in [2.24, 2.45) is 0 Å². The summed E-state index contributed by atoms with van der Waals surface area (Å²) in [7, 11) is -4.12. The molecule has 8 nitrogen and oxygen atoms in total. The van der Waals surface area contributed by atoms with Crippen molar-refractivity contribution in [3.05, 3.63) is 59.2 Å². The van der Waals surface area contributed by atoms with Crippen LogP contribution in [-0.2, 0) is 14.8 Å². The molecule has 1 aliphatic heterocycles. The Morgan fingerprint density at radius 1 is 1.10 bits per heavy atom. The lowest BCUT2D eigenvalue weighted by Crippen LogP contribution is -2.48. The van der Waals surface area contributed by atoms with Gasteiger partial charge in [-0.15, -0.1) is 0 Å². The number of hydrogen-bond acceptors (Lipinski definition) is 5. The van der Waals surface area contributed by atoms with Gasteiger partial charge in [0.25, 0.3) is 15.9 Å². The molecule has 0 radical (unpaired) electrons. The summed E-state index contributed by atoms with van der Waals surface area (Å²) in [6, 6.07) is 10.2. The Hall–Kier alpha value is -2.91. The average Bonchev–Trinajstić information content (AvgIpc) is 2.66. The van der Waals surface area contributed by atoms with E-state index in [2.05, 4.69) is 4.72 Å². The SMILES string of the molecule is Cc1ccc(C(=O)O)cc1S(=O)(=O)Nc1ccccc1C(=O)N1CC(C)OC(C)C1. The highest BCUT2D eigenvalue weighted by molar-refractivity contribution is 7.92. The standard InChI is InChI=1S/C21H24N2O6S/c1-13-8-9-16(21(25)26)10-19(13)30(27,28)22-18-7-5-4-6-17(18)20(24)23-11-14(2)29-15(3)12-23/h4-10,14-15,22H,11-12H2,1-3H3,(H,25,26). The second-order valence-electron chi connectivity index (χ2n) is 7.40. The fraction of sp³-hybridized carbons (Fsp3) is 0.333. The zero-order chi connectivity index (χ0) is 22.1. The molecule has 0 aromatic heterocycles. The first kappa shape index (κ1) is 21.8. The number of anilines is 1. The summed E-state index contributed by atoms with van der Waals surface area (Å²) in [6.45, 7) is 6.15. The highest BCUT2D eigenvalue weighted by Crippen LogP contribution is 2.25. The van der Waals surface area contributed by atoms with E-state index in [1.54, 1.807) is 30.0 Å². The van der Waals surface area contributed by atoms with Crippen molar-refractivity contribution >= 4 is 27.6 Å². The normalized spacial score (nSPS) is 19.4. The molecule has 2 unspecified atom stereocenters. The minimum absolute atomic E-state index is 0.122. The monoisotopic (exact) mass is 432 g/mol. The molecule has 1 saturated heterocycles. The summed E-state index contributed by atoms with van der Waals surface area (Å²) in [6.07, 6.45) is -0.245. The van der Waals surface area contributed by atoms with E-state index in [9.17, 15) is 23.1 Å². The molecule has 9 heteroatoms. The molecule has 30 heavy (non-hydrogen) atoms. The number of aromatic carboxylic acids is 1. The van der Waals surface area contributed by atoms with Crippen LogP contribution >= 0.6 is 0 Å². The van der Waals surface area contributed by atoms with E-state index < -0.39 is 16.0 Å². The third kappa shape index (κ3) is 4.63. The minimum Gasteiger partial charge on any atom is -0.478 e. The zero-order valence-electron chi connectivity index (χ0n) is 17.0. The Labute approximate surface area is 175 Å². The lowest BCUT2D eigenvalue weighted by molar-refractivity contribution is -0.0585. The Kier molecular flexibility index (Phi) is 6.14. The summed E-state index contributed by atoms with van der Waals surface area (Å²) in [5.41, 5.74) is 0.609. The number of sulfonamides is 1. The van der Waals surface area contributed by atoms with Crippen LogP contribution in [-0.4, -0.2) is 55.6 Å². The van der Waals surface area contributed by atoms with Crippen LogP contribution in [0.1, 0.15) is 40.1 Å². The van der Waals surface area contributed by atoms with Gasteiger partial charge >= 0.3 is 5.97 Å². The molecule has 0 bridgehead atoms. The Morgan fingerprint density at radius 3 is 2.37 bits per heavy atom. The van der Waals surface area contributed by atoms with Crippen molar-refractivity contribution in [3.63, 3.8) is 0 Å². The fourth-order valence-electron chi connectivity index (χ4n) is 3.50. The van der Waals surface area contributed by atoms with Crippen molar-refractivity contribution in [1.29, 1.82) is 0 Å². The molecular weight excluding hydrogens is 408 g/mol. The van der Waals surface area contributed by atoms with Gasteiger partial charge in [0.05, 0.1) is 33.9 Å². The van der Waals surface area contributed by atoms with Gasteiger partial charge in [0, 0.05) is 13.1 Å². The van der Waals surface area contributed by atoms with Gasteiger partial charge < -0.3 is 14.7 Å². The van der Waals surface area contributed by atoms with Gasteiger partial charge in [0.15, 0.2) is 0 Å². The Bertz CT molecular complexity index is 1070. The van der Waals surface area contributed by atoms with Crippen LogP contribution in [0.25, 0.3) is 0 Å². The maximum atomic E-state index is 13.1. The number of benzene rings is 2. The topological polar surface area (TPSA) is 113 Å². The third-order valence-electron chi connectivity index (χ3n) is 4.83. The second-order valence-corrected chi connectivity index (χ2v) is 9.05. The highest BCUT2D eigenvalue weighted by Gasteiger charge is 2.29. The number of carboxylic acids is 1. The number of carboxylic acid groups (broad SMARTS) is 1. The molecule has 1 amide bonds. The van der Waals surface area contributed by atoms with E-state index in [-0.39, 0.29) is 39.8 Å². The van der Waals surface area contributed by atoms with E-state index in [0.717, 1.165) is 6.07 Å². The second kappa shape index (κ2) is 8.45. The predicted molar refractivity (Wildman–Crippen MR) is 111 cm³/mol. The molecule has 1 aliphatic rings. The lowest BCUT2D eigenvalue weighted by Gasteiger charge is -2.35. The van der Waals surface area contributed by atoms with Gasteiger partial charge in [-0.05, 0) is 50.6 Å². The quantitative estimate of drug-likeness (QED) is 0.751. The molecule has 2 aromatic carbocycles. The number of rotatable bonds is 5. The van der Waals surface area contributed by atoms with Gasteiger partial charge in [0.2, 0.25) is 0 Å². The molecule has 2 aromatic rings. The predicted octanol–water partition coefficient (Wildman–Crippen LogP) is 2.74. The van der Waals surface area contributed by atoms with Crippen molar-refractivity contribution in [3.8, 4) is 0 Å². The first-order valence-corrected chi connectivity index (χ1v) is 11.0. The summed E-state index contributed by atoms with van der Waals surface area (Å²) in [4.78, 5) is 25.8. The van der Waals surface area contributed by atoms with Crippen LogP contribution in [0.15, 0.2) is 47.4 Å². The molecule has 0 spiro atoms. The number of nitrogens with zero attached hydrogens (tertiary/aromatic N) is 1. The highest BCUT2D eigenvalue weighted by atomic mass is 32.2. The van der Waals surface area contributed by atoms with Crippen molar-refractivity contribution in [1.82, 2.24) is 4.90 Å².